The van der Waals surface area contributed by atoms with E-state index in [-0.39, 0.29) is 11.9 Å². The van der Waals surface area contributed by atoms with Crippen LogP contribution in [0.15, 0.2) is 12.4 Å². The first-order valence-electron chi connectivity index (χ1n) is 5.96. The summed E-state index contributed by atoms with van der Waals surface area (Å²) in [7, 11) is 0. The van der Waals surface area contributed by atoms with Crippen molar-refractivity contribution in [3.63, 3.8) is 0 Å². The maximum absolute atomic E-state index is 11.7. The van der Waals surface area contributed by atoms with Crippen LogP contribution in [0.5, 0.6) is 0 Å². The number of piperidine rings is 1. The van der Waals surface area contributed by atoms with Crippen LogP contribution in [0.3, 0.4) is 0 Å². The van der Waals surface area contributed by atoms with Gasteiger partial charge in [-0.3, -0.25) is 9.20 Å². The Morgan fingerprint density at radius 2 is 2.39 bits per heavy atom. The minimum absolute atomic E-state index is 0.0151. The van der Waals surface area contributed by atoms with Gasteiger partial charge in [-0.2, -0.15) is 0 Å². The Bertz CT molecular complexity index is 592. The summed E-state index contributed by atoms with van der Waals surface area (Å²) in [6.07, 6.45) is 5.25. The zero-order valence-corrected chi connectivity index (χ0v) is 10.1. The fourth-order valence-electron chi connectivity index (χ4n) is 2.12. The summed E-state index contributed by atoms with van der Waals surface area (Å²) >= 11 is 0. The highest BCUT2D eigenvalue weighted by Crippen LogP contribution is 2.15. The molecule has 1 atom stereocenters. The highest BCUT2D eigenvalue weighted by atomic mass is 16.2. The zero-order valence-electron chi connectivity index (χ0n) is 10.1. The monoisotopic (exact) mass is 246 g/mol. The summed E-state index contributed by atoms with van der Waals surface area (Å²) < 4.78 is 1.84. The van der Waals surface area contributed by atoms with E-state index in [1.165, 1.54) is 0 Å². The van der Waals surface area contributed by atoms with E-state index in [2.05, 4.69) is 25.8 Å². The molecule has 0 aliphatic carbocycles. The largest absolute Gasteiger partial charge is 0.355 e. The van der Waals surface area contributed by atoms with E-state index >= 15 is 0 Å². The standard InChI is InChI=1S/C11H14N6O/c1-7-15-16-10-9(12-5-6-17(7)10)14-8-3-2-4-13-11(8)18/h5-6,8H,2-4H2,1H3,(H,12,14)(H,13,18). The van der Waals surface area contributed by atoms with E-state index < -0.39 is 0 Å². The molecule has 3 rings (SSSR count). The molecule has 2 aromatic rings. The minimum atomic E-state index is -0.241. The molecule has 0 radical (unpaired) electrons. The highest BCUT2D eigenvalue weighted by Gasteiger charge is 2.23. The van der Waals surface area contributed by atoms with Gasteiger partial charge in [-0.1, -0.05) is 0 Å². The van der Waals surface area contributed by atoms with Gasteiger partial charge >= 0.3 is 0 Å². The van der Waals surface area contributed by atoms with Gasteiger partial charge in [0.2, 0.25) is 11.6 Å². The van der Waals surface area contributed by atoms with Crippen LogP contribution in [0.1, 0.15) is 18.7 Å². The van der Waals surface area contributed by atoms with Crippen molar-refractivity contribution in [1.82, 2.24) is 24.9 Å². The number of aryl methyl sites for hydroxylation is 1. The van der Waals surface area contributed by atoms with E-state index in [4.69, 9.17) is 0 Å². The summed E-state index contributed by atoms with van der Waals surface area (Å²) in [5, 5.41) is 14.0. The van der Waals surface area contributed by atoms with Gasteiger partial charge in [0.15, 0.2) is 5.82 Å². The summed E-state index contributed by atoms with van der Waals surface area (Å²) in [6.45, 7) is 2.62. The zero-order chi connectivity index (χ0) is 12.5. The lowest BCUT2D eigenvalue weighted by Gasteiger charge is -2.23. The number of nitrogens with one attached hydrogen (secondary N) is 2. The van der Waals surface area contributed by atoms with Crippen molar-refractivity contribution in [3.8, 4) is 0 Å². The Morgan fingerprint density at radius 3 is 3.22 bits per heavy atom. The van der Waals surface area contributed by atoms with Gasteiger partial charge in [-0.15, -0.1) is 10.2 Å². The molecule has 0 spiro atoms. The number of hydrogen-bond acceptors (Lipinski definition) is 5. The molecule has 1 amide bonds. The molecule has 0 bridgehead atoms. The summed E-state index contributed by atoms with van der Waals surface area (Å²) in [6, 6.07) is -0.241. The average molecular weight is 246 g/mol. The third kappa shape index (κ3) is 1.77. The van der Waals surface area contributed by atoms with Gasteiger partial charge in [-0.25, -0.2) is 4.98 Å². The van der Waals surface area contributed by atoms with E-state index in [0.29, 0.717) is 11.5 Å². The molecule has 18 heavy (non-hydrogen) atoms. The maximum atomic E-state index is 11.7. The highest BCUT2D eigenvalue weighted by molar-refractivity contribution is 5.86. The normalized spacial score (nSPS) is 19.8. The van der Waals surface area contributed by atoms with Crippen molar-refractivity contribution >= 4 is 17.4 Å². The number of anilines is 1. The second kappa shape index (κ2) is 4.25. The van der Waals surface area contributed by atoms with Gasteiger partial charge in [0, 0.05) is 18.9 Å². The molecule has 7 heteroatoms. The van der Waals surface area contributed by atoms with E-state index in [0.717, 1.165) is 25.2 Å². The van der Waals surface area contributed by atoms with Crippen LogP contribution in [0.4, 0.5) is 5.82 Å². The maximum Gasteiger partial charge on any atom is 0.242 e. The molecule has 94 valence electrons. The molecule has 2 N–H and O–H groups in total. The molecule has 2 aromatic heterocycles. The van der Waals surface area contributed by atoms with Gasteiger partial charge in [-0.05, 0) is 19.8 Å². The first-order valence-corrected chi connectivity index (χ1v) is 5.96. The molecular weight excluding hydrogens is 232 g/mol. The third-order valence-corrected chi connectivity index (χ3v) is 3.09. The van der Waals surface area contributed by atoms with Crippen LogP contribution in [-0.2, 0) is 4.79 Å². The van der Waals surface area contributed by atoms with Gasteiger partial charge in [0.25, 0.3) is 0 Å². The van der Waals surface area contributed by atoms with E-state index in [9.17, 15) is 4.79 Å². The topological polar surface area (TPSA) is 84.2 Å². The van der Waals surface area contributed by atoms with Crippen LogP contribution in [0, 0.1) is 6.92 Å². The number of carbonyl (C=O) groups is 1. The smallest absolute Gasteiger partial charge is 0.242 e. The number of aromatic nitrogens is 4. The fourth-order valence-corrected chi connectivity index (χ4v) is 2.12. The Balaban J connectivity index is 1.92. The van der Waals surface area contributed by atoms with Crippen LogP contribution in [-0.4, -0.2) is 38.1 Å². The second-order valence-corrected chi connectivity index (χ2v) is 4.35. The molecule has 0 aromatic carbocycles. The van der Waals surface area contributed by atoms with Crippen LogP contribution >= 0.6 is 0 Å². The Morgan fingerprint density at radius 1 is 1.50 bits per heavy atom. The van der Waals surface area contributed by atoms with E-state index in [1.54, 1.807) is 12.4 Å². The van der Waals surface area contributed by atoms with Crippen molar-refractivity contribution < 1.29 is 4.79 Å². The van der Waals surface area contributed by atoms with Gasteiger partial charge in [0.1, 0.15) is 11.9 Å². The van der Waals surface area contributed by atoms with E-state index in [1.807, 2.05) is 11.3 Å². The van der Waals surface area contributed by atoms with Gasteiger partial charge in [0.05, 0.1) is 0 Å². The molecule has 7 nitrogen and oxygen atoms in total. The lowest BCUT2D eigenvalue weighted by atomic mass is 10.1. The van der Waals surface area contributed by atoms with Crippen molar-refractivity contribution in [2.24, 2.45) is 0 Å². The van der Waals surface area contributed by atoms with Crippen molar-refractivity contribution in [1.29, 1.82) is 0 Å². The predicted molar refractivity (Wildman–Crippen MR) is 65.2 cm³/mol. The first kappa shape index (κ1) is 10.9. The van der Waals surface area contributed by atoms with Crippen molar-refractivity contribution in [2.75, 3.05) is 11.9 Å². The van der Waals surface area contributed by atoms with Gasteiger partial charge < -0.3 is 10.6 Å². The minimum Gasteiger partial charge on any atom is -0.355 e. The molecule has 1 unspecified atom stereocenters. The lowest BCUT2D eigenvalue weighted by Crippen LogP contribution is -2.44. The van der Waals surface area contributed by atoms with Crippen molar-refractivity contribution in [3.05, 3.63) is 18.2 Å². The molecule has 0 saturated carbocycles. The summed E-state index contributed by atoms with van der Waals surface area (Å²) in [4.78, 5) is 15.9. The number of rotatable bonds is 2. The number of hydrogen-bond donors (Lipinski definition) is 2. The quantitative estimate of drug-likeness (QED) is 0.786. The second-order valence-electron chi connectivity index (χ2n) is 4.35. The molecular formula is C11H14N6O. The van der Waals surface area contributed by atoms with Crippen LogP contribution in [0.25, 0.3) is 5.65 Å². The average Bonchev–Trinajstić information content (AvgIpc) is 2.76. The fraction of sp³-hybridized carbons (Fsp3) is 0.455. The molecule has 1 fully saturated rings. The van der Waals surface area contributed by atoms with Crippen LogP contribution in [0.2, 0.25) is 0 Å². The number of nitrogens with zero attached hydrogens (tertiary/aromatic N) is 4. The Labute approximate surface area is 104 Å². The number of amides is 1. The van der Waals surface area contributed by atoms with Crippen LogP contribution < -0.4 is 10.6 Å². The molecule has 1 aliphatic rings. The number of fused-ring (bicyclic) bond motifs is 1. The Kier molecular flexibility index (Phi) is 2.58. The Hall–Kier alpha value is -2.18. The summed E-state index contributed by atoms with van der Waals surface area (Å²) in [5.41, 5.74) is 0.647. The molecule has 3 heterocycles. The SMILES string of the molecule is Cc1nnc2c(NC3CCCNC3=O)nccn12. The lowest BCUT2D eigenvalue weighted by molar-refractivity contribution is -0.123. The van der Waals surface area contributed by atoms with Crippen molar-refractivity contribution in [2.45, 2.75) is 25.8 Å². The third-order valence-electron chi connectivity index (χ3n) is 3.09. The summed E-state index contributed by atoms with van der Waals surface area (Å²) in [5.74, 6) is 1.41. The molecule has 1 saturated heterocycles. The molecule has 1 aliphatic heterocycles. The first-order chi connectivity index (χ1) is 8.75. The predicted octanol–water partition coefficient (Wildman–Crippen LogP) is 0.123. The number of carbonyl (C=O) groups excluding carboxylic acids is 1.